The molecule has 1 aliphatic heterocycles. The summed E-state index contributed by atoms with van der Waals surface area (Å²) in [7, 11) is 0. The lowest BCUT2D eigenvalue weighted by atomic mass is 10.0. The average molecular weight is 256 g/mol. The molecule has 0 spiro atoms. The maximum Gasteiger partial charge on any atom is 0.326 e. The van der Waals surface area contributed by atoms with E-state index in [1.165, 1.54) is 0 Å². The van der Waals surface area contributed by atoms with Crippen molar-refractivity contribution >= 4 is 12.0 Å². The topological polar surface area (TPSA) is 69.6 Å². The number of carboxylic acid groups (broad SMARTS) is 1. The molecule has 1 rings (SSSR count). The van der Waals surface area contributed by atoms with Crippen molar-refractivity contribution in [3.63, 3.8) is 0 Å². The summed E-state index contributed by atoms with van der Waals surface area (Å²) in [5, 5.41) is 11.7. The van der Waals surface area contributed by atoms with Crippen LogP contribution in [0.2, 0.25) is 0 Å². The molecule has 0 aromatic rings. The number of rotatable bonds is 4. The summed E-state index contributed by atoms with van der Waals surface area (Å²) in [5.41, 5.74) is 0. The minimum absolute atomic E-state index is 0.241. The van der Waals surface area contributed by atoms with Gasteiger partial charge in [-0.25, -0.2) is 9.59 Å². The molecule has 1 unspecified atom stereocenters. The minimum Gasteiger partial charge on any atom is -0.480 e. The van der Waals surface area contributed by atoms with Crippen LogP contribution in [0.5, 0.6) is 0 Å². The number of carboxylic acids is 1. The number of hydrogen-bond acceptors (Lipinski definition) is 2. The van der Waals surface area contributed by atoms with E-state index < -0.39 is 12.0 Å². The van der Waals surface area contributed by atoms with E-state index >= 15 is 0 Å². The number of hydrogen-bond donors (Lipinski definition) is 2. The Balaban J connectivity index is 2.52. The number of piperidine rings is 1. The van der Waals surface area contributed by atoms with Gasteiger partial charge in [0.05, 0.1) is 0 Å². The van der Waals surface area contributed by atoms with Gasteiger partial charge >= 0.3 is 12.0 Å². The van der Waals surface area contributed by atoms with Crippen molar-refractivity contribution in [2.45, 2.75) is 46.1 Å². The highest BCUT2D eigenvalue weighted by Gasteiger charge is 2.26. The van der Waals surface area contributed by atoms with Crippen LogP contribution in [0.15, 0.2) is 0 Å². The molecule has 5 heteroatoms. The van der Waals surface area contributed by atoms with Crippen LogP contribution in [-0.4, -0.2) is 41.1 Å². The lowest BCUT2D eigenvalue weighted by Crippen LogP contribution is -2.50. The molecule has 104 valence electrons. The van der Waals surface area contributed by atoms with Crippen LogP contribution in [0.25, 0.3) is 0 Å². The Bertz CT molecular complexity index is 305. The fourth-order valence-electron chi connectivity index (χ4n) is 2.31. The fourth-order valence-corrected chi connectivity index (χ4v) is 2.31. The monoisotopic (exact) mass is 256 g/mol. The highest BCUT2D eigenvalue weighted by molar-refractivity contribution is 5.82. The van der Waals surface area contributed by atoms with E-state index in [0.717, 1.165) is 25.9 Å². The van der Waals surface area contributed by atoms with Gasteiger partial charge in [-0.15, -0.1) is 0 Å². The molecular weight excluding hydrogens is 232 g/mol. The SMILES string of the molecule is CC(C)C[C@H](NC(=O)N1CCCC(C)C1)C(=O)O. The van der Waals surface area contributed by atoms with Crippen LogP contribution < -0.4 is 5.32 Å². The van der Waals surface area contributed by atoms with Gasteiger partial charge in [0.15, 0.2) is 0 Å². The number of nitrogens with one attached hydrogen (secondary N) is 1. The Morgan fingerprint density at radius 3 is 2.61 bits per heavy atom. The molecule has 0 bridgehead atoms. The first kappa shape index (κ1) is 14.8. The third kappa shape index (κ3) is 4.55. The molecule has 2 amide bonds. The van der Waals surface area contributed by atoms with E-state index in [1.54, 1.807) is 4.90 Å². The van der Waals surface area contributed by atoms with Crippen LogP contribution in [0.3, 0.4) is 0 Å². The Hall–Kier alpha value is -1.26. The van der Waals surface area contributed by atoms with E-state index in [1.807, 2.05) is 13.8 Å². The number of likely N-dealkylation sites (tertiary alicyclic amines) is 1. The number of carbonyl (C=O) groups is 2. The van der Waals surface area contributed by atoms with Gasteiger partial charge in [-0.2, -0.15) is 0 Å². The second-order valence-electron chi connectivity index (χ2n) is 5.66. The molecule has 0 saturated carbocycles. The molecule has 2 atom stereocenters. The first-order valence-electron chi connectivity index (χ1n) is 6.68. The van der Waals surface area contributed by atoms with Gasteiger partial charge in [0.25, 0.3) is 0 Å². The van der Waals surface area contributed by atoms with Crippen molar-refractivity contribution in [3.05, 3.63) is 0 Å². The highest BCUT2D eigenvalue weighted by Crippen LogP contribution is 2.15. The number of urea groups is 1. The largest absolute Gasteiger partial charge is 0.480 e. The predicted octanol–water partition coefficient (Wildman–Crippen LogP) is 1.93. The van der Waals surface area contributed by atoms with Gasteiger partial charge < -0.3 is 15.3 Å². The number of carbonyl (C=O) groups excluding carboxylic acids is 1. The first-order chi connectivity index (χ1) is 8.40. The molecule has 1 aliphatic rings. The number of amides is 2. The van der Waals surface area contributed by atoms with Crippen molar-refractivity contribution in [2.75, 3.05) is 13.1 Å². The summed E-state index contributed by atoms with van der Waals surface area (Å²) in [4.78, 5) is 24.8. The number of aliphatic carboxylic acids is 1. The quantitative estimate of drug-likeness (QED) is 0.807. The summed E-state index contributed by atoms with van der Waals surface area (Å²) < 4.78 is 0. The Kier molecular flexibility index (Phi) is 5.44. The lowest BCUT2D eigenvalue weighted by molar-refractivity contribution is -0.139. The van der Waals surface area contributed by atoms with Gasteiger partial charge in [-0.05, 0) is 31.1 Å². The van der Waals surface area contributed by atoms with Gasteiger partial charge in [-0.1, -0.05) is 20.8 Å². The molecule has 0 aliphatic carbocycles. The fraction of sp³-hybridized carbons (Fsp3) is 0.846. The van der Waals surface area contributed by atoms with Crippen molar-refractivity contribution in [2.24, 2.45) is 11.8 Å². The van der Waals surface area contributed by atoms with Crippen molar-refractivity contribution in [3.8, 4) is 0 Å². The molecule has 18 heavy (non-hydrogen) atoms. The van der Waals surface area contributed by atoms with Crippen molar-refractivity contribution < 1.29 is 14.7 Å². The maximum absolute atomic E-state index is 12.0. The zero-order chi connectivity index (χ0) is 13.7. The molecule has 0 aromatic carbocycles. The van der Waals surface area contributed by atoms with E-state index in [0.29, 0.717) is 12.3 Å². The Morgan fingerprint density at radius 1 is 1.44 bits per heavy atom. The van der Waals surface area contributed by atoms with Gasteiger partial charge in [0.1, 0.15) is 6.04 Å². The van der Waals surface area contributed by atoms with E-state index in [2.05, 4.69) is 12.2 Å². The smallest absolute Gasteiger partial charge is 0.326 e. The van der Waals surface area contributed by atoms with Crippen LogP contribution in [-0.2, 0) is 4.79 Å². The van der Waals surface area contributed by atoms with Crippen LogP contribution >= 0.6 is 0 Å². The van der Waals surface area contributed by atoms with Gasteiger partial charge in [0.2, 0.25) is 0 Å². The normalized spacial score (nSPS) is 21.8. The summed E-state index contributed by atoms with van der Waals surface area (Å²) in [5.74, 6) is -0.216. The molecule has 1 heterocycles. The second kappa shape index (κ2) is 6.61. The zero-order valence-electron chi connectivity index (χ0n) is 11.5. The van der Waals surface area contributed by atoms with Crippen LogP contribution in [0.4, 0.5) is 4.79 Å². The lowest BCUT2D eigenvalue weighted by Gasteiger charge is -2.32. The zero-order valence-corrected chi connectivity index (χ0v) is 11.5. The maximum atomic E-state index is 12.0. The summed E-state index contributed by atoms with van der Waals surface area (Å²) in [6, 6.07) is -1.02. The minimum atomic E-state index is -0.956. The third-order valence-corrected chi connectivity index (χ3v) is 3.25. The van der Waals surface area contributed by atoms with Crippen molar-refractivity contribution in [1.82, 2.24) is 10.2 Å². The van der Waals surface area contributed by atoms with Crippen LogP contribution in [0.1, 0.15) is 40.0 Å². The molecule has 1 fully saturated rings. The standard InChI is InChI=1S/C13H24N2O3/c1-9(2)7-11(12(16)17)14-13(18)15-6-4-5-10(3)8-15/h9-11H,4-8H2,1-3H3,(H,14,18)(H,16,17)/t10?,11-/m0/s1. The second-order valence-corrected chi connectivity index (χ2v) is 5.66. The van der Waals surface area contributed by atoms with E-state index in [-0.39, 0.29) is 11.9 Å². The highest BCUT2D eigenvalue weighted by atomic mass is 16.4. The van der Waals surface area contributed by atoms with Gasteiger partial charge in [0, 0.05) is 13.1 Å². The number of nitrogens with zero attached hydrogens (tertiary/aromatic N) is 1. The Morgan fingerprint density at radius 2 is 2.11 bits per heavy atom. The average Bonchev–Trinajstić information content (AvgIpc) is 2.27. The van der Waals surface area contributed by atoms with E-state index in [4.69, 9.17) is 5.11 Å². The van der Waals surface area contributed by atoms with Crippen molar-refractivity contribution in [1.29, 1.82) is 0 Å². The molecule has 0 aromatic heterocycles. The summed E-state index contributed by atoms with van der Waals surface area (Å²) in [6.07, 6.45) is 2.60. The van der Waals surface area contributed by atoms with Crippen LogP contribution in [0, 0.1) is 11.8 Å². The first-order valence-corrected chi connectivity index (χ1v) is 6.68. The third-order valence-electron chi connectivity index (χ3n) is 3.25. The predicted molar refractivity (Wildman–Crippen MR) is 69.4 cm³/mol. The molecule has 0 radical (unpaired) electrons. The molecule has 5 nitrogen and oxygen atoms in total. The molecular formula is C13H24N2O3. The Labute approximate surface area is 109 Å². The van der Waals surface area contributed by atoms with Gasteiger partial charge in [-0.3, -0.25) is 0 Å². The molecule has 1 saturated heterocycles. The summed E-state index contributed by atoms with van der Waals surface area (Å²) >= 11 is 0. The summed E-state index contributed by atoms with van der Waals surface area (Å²) in [6.45, 7) is 7.46. The molecule has 2 N–H and O–H groups in total. The van der Waals surface area contributed by atoms with E-state index in [9.17, 15) is 9.59 Å².